The molecule has 1 fully saturated rings. The van der Waals surface area contributed by atoms with Crippen LogP contribution in [0.1, 0.15) is 37.7 Å². The third-order valence-electron chi connectivity index (χ3n) is 5.46. The van der Waals surface area contributed by atoms with Gasteiger partial charge < -0.3 is 18.6 Å². The number of nitrogens with zero attached hydrogens (tertiary/aromatic N) is 4. The second-order valence-electron chi connectivity index (χ2n) is 7.50. The van der Waals surface area contributed by atoms with Gasteiger partial charge in [-0.25, -0.2) is 9.97 Å². The number of imidazole rings is 1. The quantitative estimate of drug-likeness (QED) is 0.550. The van der Waals surface area contributed by atoms with Crippen LogP contribution in [-0.2, 0) is 6.54 Å². The first kappa shape index (κ1) is 18.7. The monoisotopic (exact) mass is 380 g/mol. The van der Waals surface area contributed by atoms with Crippen molar-refractivity contribution in [3.63, 3.8) is 0 Å². The Kier molecular flexibility index (Phi) is 5.76. The van der Waals surface area contributed by atoms with Crippen molar-refractivity contribution >= 4 is 0 Å². The number of ether oxygens (including phenoxy) is 1. The Morgan fingerprint density at radius 3 is 2.82 bits per heavy atom. The fourth-order valence-electron chi connectivity index (χ4n) is 3.73. The predicted molar refractivity (Wildman–Crippen MR) is 108 cm³/mol. The molecular formula is C22H28N4O2. The predicted octanol–water partition coefficient (Wildman–Crippen LogP) is 4.15. The third-order valence-corrected chi connectivity index (χ3v) is 5.46. The lowest BCUT2D eigenvalue weighted by molar-refractivity contribution is 0.230. The molecule has 1 saturated heterocycles. The maximum atomic E-state index is 5.89. The number of likely N-dealkylation sites (tertiary alicyclic amines) is 1. The molecule has 1 atom stereocenters. The van der Waals surface area contributed by atoms with Gasteiger partial charge in [0.25, 0.3) is 0 Å². The van der Waals surface area contributed by atoms with Crippen LogP contribution >= 0.6 is 0 Å². The van der Waals surface area contributed by atoms with Crippen molar-refractivity contribution in [2.45, 2.75) is 45.7 Å². The summed E-state index contributed by atoms with van der Waals surface area (Å²) in [5, 5.41) is 0. The van der Waals surface area contributed by atoms with Crippen molar-refractivity contribution in [2.24, 2.45) is 0 Å². The summed E-state index contributed by atoms with van der Waals surface area (Å²) in [5.41, 5.74) is 1.83. The van der Waals surface area contributed by atoms with Crippen LogP contribution in [0.4, 0.5) is 0 Å². The highest BCUT2D eigenvalue weighted by atomic mass is 16.5. The van der Waals surface area contributed by atoms with E-state index in [1.165, 1.54) is 19.4 Å². The van der Waals surface area contributed by atoms with E-state index < -0.39 is 0 Å². The molecule has 0 amide bonds. The van der Waals surface area contributed by atoms with Crippen LogP contribution in [0.25, 0.3) is 11.5 Å². The Hall–Kier alpha value is -2.60. The van der Waals surface area contributed by atoms with Crippen molar-refractivity contribution in [3.8, 4) is 17.2 Å². The topological polar surface area (TPSA) is 56.3 Å². The number of aromatic nitrogens is 3. The molecule has 0 N–H and O–H groups in total. The minimum Gasteiger partial charge on any atom is -0.494 e. The Morgan fingerprint density at radius 1 is 1.25 bits per heavy atom. The summed E-state index contributed by atoms with van der Waals surface area (Å²) in [6.45, 7) is 8.05. The molecule has 1 aromatic carbocycles. The molecule has 6 heteroatoms. The molecule has 1 aliphatic heterocycles. The summed E-state index contributed by atoms with van der Waals surface area (Å²) >= 11 is 0. The van der Waals surface area contributed by atoms with Gasteiger partial charge in [-0.2, -0.15) is 0 Å². The van der Waals surface area contributed by atoms with Gasteiger partial charge in [0.15, 0.2) is 0 Å². The van der Waals surface area contributed by atoms with Gasteiger partial charge in [0.1, 0.15) is 17.8 Å². The molecule has 4 rings (SSSR count). The first-order valence-electron chi connectivity index (χ1n) is 10.1. The van der Waals surface area contributed by atoms with Gasteiger partial charge in [-0.1, -0.05) is 0 Å². The highest BCUT2D eigenvalue weighted by molar-refractivity contribution is 5.54. The fourth-order valence-corrected chi connectivity index (χ4v) is 3.73. The minimum absolute atomic E-state index is 0.627. The van der Waals surface area contributed by atoms with Gasteiger partial charge in [0, 0.05) is 30.5 Å². The van der Waals surface area contributed by atoms with Gasteiger partial charge in [-0.3, -0.25) is 0 Å². The largest absolute Gasteiger partial charge is 0.494 e. The van der Waals surface area contributed by atoms with E-state index in [9.17, 15) is 0 Å². The lowest BCUT2D eigenvalue weighted by atomic mass is 10.2. The second-order valence-corrected chi connectivity index (χ2v) is 7.50. The van der Waals surface area contributed by atoms with Gasteiger partial charge in [0.05, 0.1) is 18.8 Å². The van der Waals surface area contributed by atoms with Crippen molar-refractivity contribution in [2.75, 3.05) is 19.7 Å². The van der Waals surface area contributed by atoms with E-state index in [-0.39, 0.29) is 0 Å². The molecule has 148 valence electrons. The zero-order chi connectivity index (χ0) is 19.3. The highest BCUT2D eigenvalue weighted by Crippen LogP contribution is 2.23. The molecule has 1 unspecified atom stereocenters. The van der Waals surface area contributed by atoms with E-state index in [1.807, 2.05) is 42.0 Å². The number of hydrogen-bond acceptors (Lipinski definition) is 5. The third kappa shape index (κ3) is 4.44. The van der Waals surface area contributed by atoms with Gasteiger partial charge in [-0.15, -0.1) is 0 Å². The van der Waals surface area contributed by atoms with Crippen LogP contribution in [-0.4, -0.2) is 45.2 Å². The van der Waals surface area contributed by atoms with Crippen molar-refractivity contribution < 1.29 is 9.15 Å². The molecule has 0 saturated carbocycles. The smallest absolute Gasteiger partial charge is 0.226 e. The molecule has 0 aliphatic carbocycles. The van der Waals surface area contributed by atoms with Crippen LogP contribution in [0, 0.1) is 6.92 Å². The van der Waals surface area contributed by atoms with Crippen LogP contribution in [0.2, 0.25) is 0 Å². The molecule has 28 heavy (non-hydrogen) atoms. The molecule has 3 heterocycles. The molecule has 0 bridgehead atoms. The van der Waals surface area contributed by atoms with Crippen LogP contribution in [0.3, 0.4) is 0 Å². The number of rotatable bonds is 8. The average Bonchev–Trinajstić information content (AvgIpc) is 3.43. The Labute approximate surface area is 166 Å². The van der Waals surface area contributed by atoms with Crippen LogP contribution in [0.15, 0.2) is 47.3 Å². The van der Waals surface area contributed by atoms with E-state index in [4.69, 9.17) is 9.15 Å². The number of hydrogen-bond donors (Lipinski definition) is 0. The van der Waals surface area contributed by atoms with E-state index in [0.717, 1.165) is 48.4 Å². The first-order valence-corrected chi connectivity index (χ1v) is 10.1. The lowest BCUT2D eigenvalue weighted by Gasteiger charge is -2.20. The Morgan fingerprint density at radius 2 is 2.11 bits per heavy atom. The van der Waals surface area contributed by atoms with Crippen molar-refractivity contribution in [3.05, 3.63) is 54.4 Å². The van der Waals surface area contributed by atoms with Crippen LogP contribution < -0.4 is 4.74 Å². The van der Waals surface area contributed by atoms with E-state index in [1.54, 1.807) is 12.5 Å². The molecule has 0 spiro atoms. The molecule has 2 aromatic heterocycles. The van der Waals surface area contributed by atoms with Gasteiger partial charge in [-0.05, 0) is 63.9 Å². The average molecular weight is 380 g/mol. The summed E-state index contributed by atoms with van der Waals surface area (Å²) in [6, 6.07) is 8.68. The summed E-state index contributed by atoms with van der Waals surface area (Å²) in [7, 11) is 0. The lowest BCUT2D eigenvalue weighted by Crippen LogP contribution is -2.28. The first-order chi connectivity index (χ1) is 13.7. The maximum absolute atomic E-state index is 5.89. The van der Waals surface area contributed by atoms with Gasteiger partial charge >= 0.3 is 0 Å². The number of oxazole rings is 1. The standard InChI is InChI=1S/C22H28N4O2/c1-17-5-3-11-25(17)12-4-14-27-21-8-6-19(7-9-21)22-24-20(16-28-22)15-26-13-10-23-18(26)2/h6-10,13,16-17H,3-5,11-12,14-15H2,1-2H3. The second kappa shape index (κ2) is 8.61. The van der Waals surface area contributed by atoms with Crippen LogP contribution in [0.5, 0.6) is 5.75 Å². The zero-order valence-corrected chi connectivity index (χ0v) is 16.7. The summed E-state index contributed by atoms with van der Waals surface area (Å²) in [6.07, 6.45) is 9.16. The Bertz CT molecular complexity index is 884. The van der Waals surface area contributed by atoms with E-state index >= 15 is 0 Å². The minimum atomic E-state index is 0.627. The molecule has 0 radical (unpaired) electrons. The maximum Gasteiger partial charge on any atom is 0.226 e. The van der Waals surface area contributed by atoms with E-state index in [0.29, 0.717) is 12.4 Å². The Balaban J connectivity index is 1.28. The van der Waals surface area contributed by atoms with E-state index in [2.05, 4.69) is 21.8 Å². The van der Waals surface area contributed by atoms with Crippen molar-refractivity contribution in [1.29, 1.82) is 0 Å². The number of aryl methyl sites for hydroxylation is 1. The molecular weight excluding hydrogens is 352 g/mol. The highest BCUT2D eigenvalue weighted by Gasteiger charge is 2.19. The normalized spacial score (nSPS) is 17.3. The zero-order valence-electron chi connectivity index (χ0n) is 16.7. The molecule has 3 aromatic rings. The number of benzene rings is 1. The SMILES string of the molecule is Cc1nccn1Cc1coc(-c2ccc(OCCCN3CCCC3C)cc2)n1. The van der Waals surface area contributed by atoms with Crippen molar-refractivity contribution in [1.82, 2.24) is 19.4 Å². The summed E-state index contributed by atoms with van der Waals surface area (Å²) in [4.78, 5) is 11.4. The summed E-state index contributed by atoms with van der Waals surface area (Å²) in [5.74, 6) is 2.48. The summed E-state index contributed by atoms with van der Waals surface area (Å²) < 4.78 is 13.6. The van der Waals surface area contributed by atoms with Gasteiger partial charge in [0.2, 0.25) is 5.89 Å². The molecule has 6 nitrogen and oxygen atoms in total. The molecule has 1 aliphatic rings. The fraction of sp³-hybridized carbons (Fsp3) is 0.455.